The normalized spacial score (nSPS) is 15.2. The minimum atomic E-state index is -0.919. The van der Waals surface area contributed by atoms with Crippen molar-refractivity contribution in [3.05, 3.63) is 35.9 Å². The van der Waals surface area contributed by atoms with Gasteiger partial charge in [0.15, 0.2) is 0 Å². The molecule has 5 heteroatoms. The summed E-state index contributed by atoms with van der Waals surface area (Å²) >= 11 is 1.61. The Balaban J connectivity index is 2.84. The van der Waals surface area contributed by atoms with E-state index in [1.165, 1.54) is 0 Å². The second-order valence-corrected chi connectivity index (χ2v) is 6.11. The molecular weight excluding hydrogens is 274 g/mol. The molecule has 0 heterocycles. The van der Waals surface area contributed by atoms with Crippen LogP contribution in [-0.4, -0.2) is 28.5 Å². The highest BCUT2D eigenvalue weighted by atomic mass is 32.2. The Labute approximate surface area is 124 Å². The van der Waals surface area contributed by atoms with Gasteiger partial charge in [-0.2, -0.15) is 11.8 Å². The van der Waals surface area contributed by atoms with Crippen LogP contribution in [0, 0.1) is 5.92 Å². The zero-order valence-electron chi connectivity index (χ0n) is 12.0. The van der Waals surface area contributed by atoms with Gasteiger partial charge in [0.05, 0.1) is 12.0 Å². The van der Waals surface area contributed by atoms with Crippen LogP contribution in [0.2, 0.25) is 0 Å². The number of amides is 1. The Morgan fingerprint density at radius 1 is 1.25 bits per heavy atom. The second-order valence-electron chi connectivity index (χ2n) is 4.83. The average Bonchev–Trinajstić information content (AvgIpc) is 2.44. The molecular formula is C15H21NO3S. The number of carbonyl (C=O) groups excluding carboxylic acids is 1. The van der Waals surface area contributed by atoms with Gasteiger partial charge in [0.2, 0.25) is 5.91 Å². The van der Waals surface area contributed by atoms with Crippen molar-refractivity contribution in [3.63, 3.8) is 0 Å². The number of nitrogens with one attached hydrogen (secondary N) is 1. The Morgan fingerprint density at radius 2 is 1.85 bits per heavy atom. The number of carboxylic acids is 1. The monoisotopic (exact) mass is 295 g/mol. The van der Waals surface area contributed by atoms with Gasteiger partial charge in [-0.3, -0.25) is 9.59 Å². The molecule has 3 unspecified atom stereocenters. The fourth-order valence-electron chi connectivity index (χ4n) is 1.88. The maximum Gasteiger partial charge on any atom is 0.308 e. The Morgan fingerprint density at radius 3 is 2.35 bits per heavy atom. The predicted molar refractivity (Wildman–Crippen MR) is 81.7 cm³/mol. The third-order valence-corrected chi connectivity index (χ3v) is 4.21. The summed E-state index contributed by atoms with van der Waals surface area (Å²) in [7, 11) is 0. The molecule has 1 rings (SSSR count). The molecule has 110 valence electrons. The highest BCUT2D eigenvalue weighted by Crippen LogP contribution is 2.22. The fraction of sp³-hybridized carbons (Fsp3) is 0.467. The van der Waals surface area contributed by atoms with E-state index < -0.39 is 17.9 Å². The molecule has 3 atom stereocenters. The van der Waals surface area contributed by atoms with Crippen molar-refractivity contribution in [2.75, 3.05) is 6.26 Å². The topological polar surface area (TPSA) is 66.4 Å². The molecule has 1 aromatic rings. The first kappa shape index (κ1) is 16.6. The van der Waals surface area contributed by atoms with Crippen LogP contribution in [-0.2, 0) is 9.59 Å². The van der Waals surface area contributed by atoms with E-state index in [0.717, 1.165) is 5.56 Å². The second kappa shape index (κ2) is 7.94. The number of carboxylic acid groups (broad SMARTS) is 1. The third-order valence-electron chi connectivity index (χ3n) is 3.24. The van der Waals surface area contributed by atoms with Crippen LogP contribution in [0.4, 0.5) is 0 Å². The first-order valence-corrected chi connectivity index (χ1v) is 7.84. The van der Waals surface area contributed by atoms with Crippen LogP contribution in [0.15, 0.2) is 30.3 Å². The maximum atomic E-state index is 12.0. The van der Waals surface area contributed by atoms with Gasteiger partial charge in [-0.15, -0.1) is 0 Å². The SMILES string of the molecule is CSC(C)CC(=O)NC(c1ccccc1)C(C)C(=O)O. The molecule has 1 aromatic carbocycles. The molecule has 0 saturated heterocycles. The number of thioether (sulfide) groups is 1. The Bertz CT molecular complexity index is 450. The molecule has 0 bridgehead atoms. The summed E-state index contributed by atoms with van der Waals surface area (Å²) in [6.07, 6.45) is 2.34. The van der Waals surface area contributed by atoms with E-state index in [-0.39, 0.29) is 11.2 Å². The molecule has 0 fully saturated rings. The highest BCUT2D eigenvalue weighted by Gasteiger charge is 2.26. The van der Waals surface area contributed by atoms with Crippen molar-refractivity contribution < 1.29 is 14.7 Å². The lowest BCUT2D eigenvalue weighted by Gasteiger charge is -2.23. The minimum absolute atomic E-state index is 0.117. The lowest BCUT2D eigenvalue weighted by atomic mass is 9.94. The third kappa shape index (κ3) is 4.89. The van der Waals surface area contributed by atoms with Crippen LogP contribution in [0.25, 0.3) is 0 Å². The number of hydrogen-bond acceptors (Lipinski definition) is 3. The number of rotatable bonds is 7. The lowest BCUT2D eigenvalue weighted by Crippen LogP contribution is -2.36. The van der Waals surface area contributed by atoms with Crippen molar-refractivity contribution in [1.82, 2.24) is 5.32 Å². The summed E-state index contributed by atoms with van der Waals surface area (Å²) in [4.78, 5) is 23.2. The number of aliphatic carboxylic acids is 1. The predicted octanol–water partition coefficient (Wildman–Crippen LogP) is 2.71. The van der Waals surface area contributed by atoms with Crippen molar-refractivity contribution >= 4 is 23.6 Å². The van der Waals surface area contributed by atoms with Crippen LogP contribution in [0.1, 0.15) is 31.9 Å². The van der Waals surface area contributed by atoms with E-state index >= 15 is 0 Å². The molecule has 2 N–H and O–H groups in total. The summed E-state index contributed by atoms with van der Waals surface area (Å²) in [6, 6.07) is 8.71. The molecule has 0 aliphatic carbocycles. The molecule has 0 radical (unpaired) electrons. The van der Waals surface area contributed by atoms with E-state index in [1.54, 1.807) is 18.7 Å². The van der Waals surface area contributed by atoms with Gasteiger partial charge in [0, 0.05) is 11.7 Å². The van der Waals surface area contributed by atoms with Crippen LogP contribution in [0.3, 0.4) is 0 Å². The van der Waals surface area contributed by atoms with Gasteiger partial charge in [-0.1, -0.05) is 37.3 Å². The van der Waals surface area contributed by atoms with Gasteiger partial charge >= 0.3 is 5.97 Å². The minimum Gasteiger partial charge on any atom is -0.481 e. The van der Waals surface area contributed by atoms with Crippen LogP contribution < -0.4 is 5.32 Å². The largest absolute Gasteiger partial charge is 0.481 e. The Kier molecular flexibility index (Phi) is 6.58. The van der Waals surface area contributed by atoms with Crippen molar-refractivity contribution in [2.45, 2.75) is 31.6 Å². The standard InChI is InChI=1S/C15H21NO3S/c1-10(20-3)9-13(17)16-14(11(2)15(18)19)12-7-5-4-6-8-12/h4-8,10-11,14H,9H2,1-3H3,(H,16,17)(H,18,19). The van der Waals surface area contributed by atoms with Crippen molar-refractivity contribution in [3.8, 4) is 0 Å². The van der Waals surface area contributed by atoms with E-state index in [2.05, 4.69) is 5.32 Å². The van der Waals surface area contributed by atoms with E-state index in [9.17, 15) is 14.7 Å². The highest BCUT2D eigenvalue weighted by molar-refractivity contribution is 7.99. The number of benzene rings is 1. The molecule has 0 aromatic heterocycles. The summed E-state index contributed by atoms with van der Waals surface area (Å²) in [6.45, 7) is 3.58. The molecule has 0 saturated carbocycles. The van der Waals surface area contributed by atoms with Crippen LogP contribution in [0.5, 0.6) is 0 Å². The number of carbonyl (C=O) groups is 2. The Hall–Kier alpha value is -1.49. The molecule has 1 amide bonds. The van der Waals surface area contributed by atoms with Crippen molar-refractivity contribution in [1.29, 1.82) is 0 Å². The van der Waals surface area contributed by atoms with Gasteiger partial charge in [0.1, 0.15) is 0 Å². The van der Waals surface area contributed by atoms with Crippen LogP contribution >= 0.6 is 11.8 Å². The fourth-order valence-corrected chi connectivity index (χ4v) is 2.19. The van der Waals surface area contributed by atoms with E-state index in [1.807, 2.05) is 43.5 Å². The van der Waals surface area contributed by atoms with Gasteiger partial charge in [-0.05, 0) is 18.7 Å². The molecule has 0 aliphatic heterocycles. The van der Waals surface area contributed by atoms with Gasteiger partial charge in [-0.25, -0.2) is 0 Å². The van der Waals surface area contributed by atoms with E-state index in [0.29, 0.717) is 6.42 Å². The summed E-state index contributed by atoms with van der Waals surface area (Å²) < 4.78 is 0. The molecule has 20 heavy (non-hydrogen) atoms. The first-order chi connectivity index (χ1) is 9.45. The zero-order valence-corrected chi connectivity index (χ0v) is 12.8. The first-order valence-electron chi connectivity index (χ1n) is 6.55. The molecule has 0 aliphatic rings. The summed E-state index contributed by atoms with van der Waals surface area (Å²) in [5, 5.41) is 12.3. The summed E-state index contributed by atoms with van der Waals surface area (Å²) in [5.74, 6) is -1.71. The van der Waals surface area contributed by atoms with E-state index in [4.69, 9.17) is 0 Å². The zero-order chi connectivity index (χ0) is 15.1. The summed E-state index contributed by atoms with van der Waals surface area (Å²) in [5.41, 5.74) is 0.813. The van der Waals surface area contributed by atoms with Gasteiger partial charge in [0.25, 0.3) is 0 Å². The number of hydrogen-bond donors (Lipinski definition) is 2. The maximum absolute atomic E-state index is 12.0. The molecule has 0 spiro atoms. The average molecular weight is 295 g/mol. The quantitative estimate of drug-likeness (QED) is 0.811. The molecule has 4 nitrogen and oxygen atoms in total. The lowest BCUT2D eigenvalue weighted by molar-refractivity contribution is -0.142. The van der Waals surface area contributed by atoms with Gasteiger partial charge < -0.3 is 10.4 Å². The van der Waals surface area contributed by atoms with Crippen molar-refractivity contribution in [2.24, 2.45) is 5.92 Å². The smallest absolute Gasteiger partial charge is 0.308 e.